The Hall–Kier alpha value is -3.93. The zero-order chi connectivity index (χ0) is 22.9. The summed E-state index contributed by atoms with van der Waals surface area (Å²) in [6, 6.07) is 22.7. The van der Waals surface area contributed by atoms with Crippen molar-refractivity contribution in [3.05, 3.63) is 106 Å². The first kappa shape index (κ1) is 20.9. The molecule has 0 saturated carbocycles. The predicted octanol–water partition coefficient (Wildman–Crippen LogP) is 4.65. The molecule has 6 nitrogen and oxygen atoms in total. The van der Waals surface area contributed by atoms with Crippen LogP contribution >= 0.6 is 0 Å². The molecule has 5 rings (SSSR count). The van der Waals surface area contributed by atoms with Crippen LogP contribution in [0, 0.1) is 0 Å². The number of rotatable bonds is 5. The topological polar surface area (TPSA) is 75.3 Å². The third kappa shape index (κ3) is 4.00. The lowest BCUT2D eigenvalue weighted by Crippen LogP contribution is -2.32. The molecule has 0 fully saturated rings. The molecule has 1 N–H and O–H groups in total. The van der Waals surface area contributed by atoms with Crippen molar-refractivity contribution < 1.29 is 9.53 Å². The van der Waals surface area contributed by atoms with Gasteiger partial charge in [-0.15, -0.1) is 0 Å². The van der Waals surface area contributed by atoms with Crippen LogP contribution in [0.5, 0.6) is 5.75 Å². The summed E-state index contributed by atoms with van der Waals surface area (Å²) in [7, 11) is 0. The summed E-state index contributed by atoms with van der Waals surface area (Å²) < 4.78 is 6.08. The molecule has 1 aliphatic heterocycles. The standard InChI is InChI=1S/C27H25N3O3/c1-17-18(2)33-25-20(17)12-8-13-22(25)27(32)30(15-19-9-4-3-5-10-19)16-24-28-23-14-7-6-11-21(23)26(31)29-24/h3-14,17-18H,15-16H2,1-2H3,(H,28,29,31)/t17-,18+/m1/s1. The molecule has 1 aliphatic rings. The van der Waals surface area contributed by atoms with Gasteiger partial charge in [-0.25, -0.2) is 4.98 Å². The van der Waals surface area contributed by atoms with Crippen LogP contribution in [-0.4, -0.2) is 26.9 Å². The number of fused-ring (bicyclic) bond motifs is 2. The summed E-state index contributed by atoms with van der Waals surface area (Å²) in [4.78, 5) is 35.5. The third-order valence-electron chi connectivity index (χ3n) is 6.28. The number of hydrogen-bond donors (Lipinski definition) is 1. The summed E-state index contributed by atoms with van der Waals surface area (Å²) in [5.41, 5.74) is 2.96. The van der Waals surface area contributed by atoms with Gasteiger partial charge in [-0.3, -0.25) is 9.59 Å². The van der Waals surface area contributed by atoms with E-state index in [1.54, 1.807) is 23.1 Å². The lowest BCUT2D eigenvalue weighted by atomic mass is 9.96. The van der Waals surface area contributed by atoms with Gasteiger partial charge in [0, 0.05) is 18.0 Å². The number of nitrogens with zero attached hydrogens (tertiary/aromatic N) is 2. The summed E-state index contributed by atoms with van der Waals surface area (Å²) in [5, 5.41) is 0.527. The average Bonchev–Trinajstić information content (AvgIpc) is 3.12. The predicted molar refractivity (Wildman–Crippen MR) is 127 cm³/mol. The van der Waals surface area contributed by atoms with E-state index < -0.39 is 0 Å². The number of aromatic amines is 1. The van der Waals surface area contributed by atoms with E-state index in [-0.39, 0.29) is 30.0 Å². The van der Waals surface area contributed by atoms with Gasteiger partial charge in [0.25, 0.3) is 11.5 Å². The van der Waals surface area contributed by atoms with Gasteiger partial charge >= 0.3 is 0 Å². The number of aromatic nitrogens is 2. The summed E-state index contributed by atoms with van der Waals surface area (Å²) in [5.74, 6) is 1.15. The van der Waals surface area contributed by atoms with Gasteiger partial charge in [-0.05, 0) is 30.7 Å². The van der Waals surface area contributed by atoms with Crippen molar-refractivity contribution in [2.75, 3.05) is 0 Å². The first-order chi connectivity index (χ1) is 16.0. The maximum absolute atomic E-state index is 13.8. The number of nitrogens with one attached hydrogen (secondary N) is 1. The van der Waals surface area contributed by atoms with E-state index >= 15 is 0 Å². The number of benzene rings is 3. The highest BCUT2D eigenvalue weighted by Gasteiger charge is 2.32. The molecule has 2 heterocycles. The van der Waals surface area contributed by atoms with Crippen molar-refractivity contribution in [2.24, 2.45) is 0 Å². The summed E-state index contributed by atoms with van der Waals surface area (Å²) in [6.45, 7) is 4.67. The van der Waals surface area contributed by atoms with Gasteiger partial charge in [0.05, 0.1) is 23.0 Å². The highest BCUT2D eigenvalue weighted by Crippen LogP contribution is 2.40. The van der Waals surface area contributed by atoms with Crippen LogP contribution in [0.4, 0.5) is 0 Å². The van der Waals surface area contributed by atoms with Gasteiger partial charge in [0.15, 0.2) is 0 Å². The largest absolute Gasteiger partial charge is 0.489 e. The Kier molecular flexibility index (Phi) is 5.42. The van der Waals surface area contributed by atoms with Crippen LogP contribution in [-0.2, 0) is 13.1 Å². The number of hydrogen-bond acceptors (Lipinski definition) is 4. The Bertz CT molecular complexity index is 1380. The first-order valence-corrected chi connectivity index (χ1v) is 11.1. The number of para-hydroxylation sites is 2. The zero-order valence-electron chi connectivity index (χ0n) is 18.6. The van der Waals surface area contributed by atoms with E-state index in [1.165, 1.54) is 0 Å². The number of H-pyrrole nitrogens is 1. The molecule has 0 aliphatic carbocycles. The van der Waals surface area contributed by atoms with Crippen molar-refractivity contribution in [1.82, 2.24) is 14.9 Å². The molecule has 166 valence electrons. The van der Waals surface area contributed by atoms with Crippen molar-refractivity contribution >= 4 is 16.8 Å². The summed E-state index contributed by atoms with van der Waals surface area (Å²) in [6.07, 6.45) is 0.00929. The number of ether oxygens (including phenoxy) is 1. The van der Waals surface area contributed by atoms with Crippen LogP contribution in [0.2, 0.25) is 0 Å². The van der Waals surface area contributed by atoms with Gasteiger partial charge in [-0.2, -0.15) is 0 Å². The third-order valence-corrected chi connectivity index (χ3v) is 6.28. The highest BCUT2D eigenvalue weighted by molar-refractivity contribution is 5.97. The molecule has 4 aromatic rings. The molecule has 0 bridgehead atoms. The molecule has 0 saturated heterocycles. The van der Waals surface area contributed by atoms with Gasteiger partial charge in [0.2, 0.25) is 0 Å². The van der Waals surface area contributed by atoms with E-state index in [1.807, 2.05) is 61.5 Å². The van der Waals surface area contributed by atoms with Crippen molar-refractivity contribution in [1.29, 1.82) is 0 Å². The van der Waals surface area contributed by atoms with Crippen LogP contribution in [0.1, 0.15) is 47.1 Å². The molecule has 0 spiro atoms. The lowest BCUT2D eigenvalue weighted by Gasteiger charge is -2.23. The van der Waals surface area contributed by atoms with Crippen LogP contribution in [0.15, 0.2) is 77.6 Å². The second kappa shape index (κ2) is 8.54. The fourth-order valence-corrected chi connectivity index (χ4v) is 4.32. The fourth-order valence-electron chi connectivity index (χ4n) is 4.32. The van der Waals surface area contributed by atoms with E-state index in [0.29, 0.717) is 34.6 Å². The Morgan fingerprint density at radius 1 is 0.970 bits per heavy atom. The Morgan fingerprint density at radius 2 is 1.73 bits per heavy atom. The Labute approximate surface area is 191 Å². The van der Waals surface area contributed by atoms with Crippen LogP contribution in [0.3, 0.4) is 0 Å². The number of amides is 1. The molecule has 0 radical (unpaired) electrons. The van der Waals surface area contributed by atoms with E-state index in [4.69, 9.17) is 4.74 Å². The lowest BCUT2D eigenvalue weighted by molar-refractivity contribution is 0.0720. The van der Waals surface area contributed by atoms with E-state index in [9.17, 15) is 9.59 Å². The van der Waals surface area contributed by atoms with Crippen molar-refractivity contribution in [2.45, 2.75) is 39.0 Å². The van der Waals surface area contributed by atoms with E-state index in [0.717, 1.165) is 11.1 Å². The van der Waals surface area contributed by atoms with Crippen molar-refractivity contribution in [3.8, 4) is 5.75 Å². The van der Waals surface area contributed by atoms with Gasteiger partial charge < -0.3 is 14.6 Å². The molecule has 33 heavy (non-hydrogen) atoms. The Morgan fingerprint density at radius 3 is 2.55 bits per heavy atom. The maximum Gasteiger partial charge on any atom is 0.258 e. The van der Waals surface area contributed by atoms with E-state index in [2.05, 4.69) is 16.9 Å². The molecule has 6 heteroatoms. The monoisotopic (exact) mass is 439 g/mol. The second-order valence-corrected chi connectivity index (χ2v) is 8.51. The Balaban J connectivity index is 1.54. The minimum absolute atomic E-state index is 0.00929. The molecule has 2 atom stereocenters. The van der Waals surface area contributed by atoms with Crippen molar-refractivity contribution in [3.63, 3.8) is 0 Å². The number of carbonyl (C=O) groups is 1. The van der Waals surface area contributed by atoms with Crippen LogP contribution < -0.4 is 10.3 Å². The second-order valence-electron chi connectivity index (χ2n) is 8.51. The molecular formula is C27H25N3O3. The normalized spacial score (nSPS) is 16.9. The first-order valence-electron chi connectivity index (χ1n) is 11.1. The minimum atomic E-state index is -0.214. The maximum atomic E-state index is 13.8. The minimum Gasteiger partial charge on any atom is -0.489 e. The molecule has 3 aromatic carbocycles. The number of carbonyl (C=O) groups excluding carboxylic acids is 1. The molecule has 1 amide bonds. The average molecular weight is 440 g/mol. The quantitative estimate of drug-likeness (QED) is 0.491. The molecule has 0 unspecified atom stereocenters. The smallest absolute Gasteiger partial charge is 0.258 e. The van der Waals surface area contributed by atoms with Gasteiger partial charge in [-0.1, -0.05) is 61.5 Å². The highest BCUT2D eigenvalue weighted by atomic mass is 16.5. The molecule has 1 aromatic heterocycles. The summed E-state index contributed by atoms with van der Waals surface area (Å²) >= 11 is 0. The zero-order valence-corrected chi connectivity index (χ0v) is 18.6. The fraction of sp³-hybridized carbons (Fsp3) is 0.222. The van der Waals surface area contributed by atoms with Crippen LogP contribution in [0.25, 0.3) is 10.9 Å². The molecular weight excluding hydrogens is 414 g/mol. The SMILES string of the molecule is C[C@@H]1Oc2c(C(=O)N(Cc3ccccc3)Cc3nc4ccccc4c(=O)[nH]3)cccc2[C@@H]1C. The van der Waals surface area contributed by atoms with Gasteiger partial charge in [0.1, 0.15) is 17.7 Å².